The van der Waals surface area contributed by atoms with Gasteiger partial charge in [-0.05, 0) is 31.4 Å². The summed E-state index contributed by atoms with van der Waals surface area (Å²) in [7, 11) is -3.06. The van der Waals surface area contributed by atoms with Crippen molar-refractivity contribution in [3.05, 3.63) is 30.3 Å². The molecule has 1 saturated heterocycles. The number of amides is 1. The summed E-state index contributed by atoms with van der Waals surface area (Å²) in [5.41, 5.74) is 0.623. The van der Waals surface area contributed by atoms with Gasteiger partial charge in [0.2, 0.25) is 0 Å². The number of nitrogens with zero attached hydrogens (tertiary/aromatic N) is 2. The molecule has 1 aliphatic heterocycles. The van der Waals surface area contributed by atoms with E-state index in [0.717, 1.165) is 0 Å². The van der Waals surface area contributed by atoms with E-state index in [1.807, 2.05) is 12.1 Å². The summed E-state index contributed by atoms with van der Waals surface area (Å²) in [5.74, 6) is -1.17. The van der Waals surface area contributed by atoms with Gasteiger partial charge in [-0.3, -0.25) is 9.59 Å². The van der Waals surface area contributed by atoms with Gasteiger partial charge in [0.05, 0.1) is 24.0 Å². The van der Waals surface area contributed by atoms with E-state index in [1.54, 1.807) is 24.3 Å². The second kappa shape index (κ2) is 8.81. The lowest BCUT2D eigenvalue weighted by Gasteiger charge is -2.25. The Kier molecular flexibility index (Phi) is 6.75. The van der Waals surface area contributed by atoms with Gasteiger partial charge in [0, 0.05) is 18.7 Å². The van der Waals surface area contributed by atoms with Crippen molar-refractivity contribution in [3.63, 3.8) is 0 Å². The van der Waals surface area contributed by atoms with Crippen LogP contribution in [0, 0.1) is 17.2 Å². The van der Waals surface area contributed by atoms with Crippen molar-refractivity contribution in [1.29, 1.82) is 5.26 Å². The van der Waals surface area contributed by atoms with Gasteiger partial charge in [0.15, 0.2) is 15.9 Å². The first-order chi connectivity index (χ1) is 12.3. The molecular formula is C18H22N2O5S. The molecule has 140 valence electrons. The second-order valence-electron chi connectivity index (χ2n) is 6.34. The highest BCUT2D eigenvalue weighted by Gasteiger charge is 2.31. The number of sulfone groups is 1. The molecule has 1 fully saturated rings. The van der Waals surface area contributed by atoms with E-state index in [-0.39, 0.29) is 36.8 Å². The highest BCUT2D eigenvalue weighted by molar-refractivity contribution is 7.91. The lowest BCUT2D eigenvalue weighted by Crippen LogP contribution is -2.40. The number of anilines is 1. The highest BCUT2D eigenvalue weighted by atomic mass is 32.2. The number of carbonyl (C=O) groups is 2. The number of ether oxygens (including phenoxy) is 1. The standard InChI is InChI=1S/C18H22N2O5S/c1-14(25-17(21)12-15-8-11-26(23,24)13-15)18(22)20(10-5-9-19)16-6-3-2-4-7-16/h2-4,6-7,14-15H,5,8,10-13H2,1H3. The van der Waals surface area contributed by atoms with Crippen LogP contribution in [0.5, 0.6) is 0 Å². The fourth-order valence-corrected chi connectivity index (χ4v) is 4.78. The van der Waals surface area contributed by atoms with E-state index < -0.39 is 27.8 Å². The normalized spacial score (nSPS) is 19.3. The van der Waals surface area contributed by atoms with Gasteiger partial charge in [-0.15, -0.1) is 0 Å². The first-order valence-electron chi connectivity index (χ1n) is 8.45. The zero-order valence-electron chi connectivity index (χ0n) is 14.6. The van der Waals surface area contributed by atoms with Gasteiger partial charge in [-0.1, -0.05) is 18.2 Å². The lowest BCUT2D eigenvalue weighted by molar-refractivity contribution is -0.154. The lowest BCUT2D eigenvalue weighted by atomic mass is 10.1. The molecule has 0 spiro atoms. The maximum atomic E-state index is 12.7. The van der Waals surface area contributed by atoms with E-state index in [0.29, 0.717) is 12.1 Å². The zero-order chi connectivity index (χ0) is 19.2. The third kappa shape index (κ3) is 5.56. The summed E-state index contributed by atoms with van der Waals surface area (Å²) in [6.45, 7) is 1.68. The molecule has 0 saturated carbocycles. The van der Waals surface area contributed by atoms with Crippen molar-refractivity contribution in [2.45, 2.75) is 32.3 Å². The van der Waals surface area contributed by atoms with Crippen molar-refractivity contribution in [2.75, 3.05) is 23.0 Å². The Hall–Kier alpha value is -2.40. The van der Waals surface area contributed by atoms with Crippen LogP contribution in [0.15, 0.2) is 30.3 Å². The molecule has 0 radical (unpaired) electrons. The third-order valence-electron chi connectivity index (χ3n) is 4.22. The minimum Gasteiger partial charge on any atom is -0.453 e. The van der Waals surface area contributed by atoms with Crippen LogP contribution in [0.2, 0.25) is 0 Å². The summed E-state index contributed by atoms with van der Waals surface area (Å²) >= 11 is 0. The van der Waals surface area contributed by atoms with Crippen LogP contribution in [-0.2, 0) is 24.2 Å². The van der Waals surface area contributed by atoms with E-state index >= 15 is 0 Å². The van der Waals surface area contributed by atoms with E-state index in [4.69, 9.17) is 10.00 Å². The zero-order valence-corrected chi connectivity index (χ0v) is 15.4. The predicted octanol–water partition coefficient (Wildman–Crippen LogP) is 1.69. The minimum absolute atomic E-state index is 0.0112. The topological polar surface area (TPSA) is 105 Å². The molecule has 2 atom stereocenters. The Bertz CT molecular complexity index is 786. The molecule has 0 aromatic heterocycles. The van der Waals surface area contributed by atoms with Crippen LogP contribution in [0.3, 0.4) is 0 Å². The largest absolute Gasteiger partial charge is 0.453 e. The fourth-order valence-electron chi connectivity index (χ4n) is 2.92. The molecule has 0 bridgehead atoms. The van der Waals surface area contributed by atoms with Crippen LogP contribution >= 0.6 is 0 Å². The first kappa shape index (κ1) is 19.9. The molecule has 26 heavy (non-hydrogen) atoms. The highest BCUT2D eigenvalue weighted by Crippen LogP contribution is 2.22. The quantitative estimate of drug-likeness (QED) is 0.669. The SMILES string of the molecule is CC(OC(=O)CC1CCS(=O)(=O)C1)C(=O)N(CCC#N)c1ccccc1. The number of para-hydroxylation sites is 1. The van der Waals surface area contributed by atoms with Crippen molar-refractivity contribution < 1.29 is 22.7 Å². The molecular weight excluding hydrogens is 356 g/mol. The fraction of sp³-hybridized carbons (Fsp3) is 0.500. The summed E-state index contributed by atoms with van der Waals surface area (Å²) in [5, 5.41) is 8.81. The Morgan fingerprint density at radius 3 is 2.62 bits per heavy atom. The summed E-state index contributed by atoms with van der Waals surface area (Å²) in [4.78, 5) is 26.1. The molecule has 0 aliphatic carbocycles. The molecule has 1 aromatic rings. The molecule has 1 amide bonds. The summed E-state index contributed by atoms with van der Waals surface area (Å²) < 4.78 is 28.1. The number of benzene rings is 1. The summed E-state index contributed by atoms with van der Waals surface area (Å²) in [6.07, 6.45) is -0.431. The smallest absolute Gasteiger partial charge is 0.306 e. The monoisotopic (exact) mass is 378 g/mol. The maximum Gasteiger partial charge on any atom is 0.306 e. The third-order valence-corrected chi connectivity index (χ3v) is 6.06. The Morgan fingerprint density at radius 1 is 1.35 bits per heavy atom. The molecule has 2 rings (SSSR count). The Morgan fingerprint density at radius 2 is 2.04 bits per heavy atom. The van der Waals surface area contributed by atoms with E-state index in [9.17, 15) is 18.0 Å². The number of hydrogen-bond donors (Lipinski definition) is 0. The second-order valence-corrected chi connectivity index (χ2v) is 8.57. The number of nitriles is 1. The molecule has 1 heterocycles. The van der Waals surface area contributed by atoms with Gasteiger partial charge in [0.25, 0.3) is 5.91 Å². The molecule has 1 aromatic carbocycles. The summed E-state index contributed by atoms with van der Waals surface area (Å²) in [6, 6.07) is 10.9. The molecule has 2 unspecified atom stereocenters. The Balaban J connectivity index is 1.97. The van der Waals surface area contributed by atoms with Crippen molar-refractivity contribution in [2.24, 2.45) is 5.92 Å². The van der Waals surface area contributed by atoms with Crippen molar-refractivity contribution >= 4 is 27.4 Å². The molecule has 0 N–H and O–H groups in total. The number of rotatable bonds is 7. The van der Waals surface area contributed by atoms with Crippen LogP contribution in [0.25, 0.3) is 0 Å². The minimum atomic E-state index is -3.06. The van der Waals surface area contributed by atoms with Crippen LogP contribution in [0.1, 0.15) is 26.2 Å². The van der Waals surface area contributed by atoms with E-state index in [2.05, 4.69) is 0 Å². The average molecular weight is 378 g/mol. The van der Waals surface area contributed by atoms with E-state index in [1.165, 1.54) is 11.8 Å². The van der Waals surface area contributed by atoms with Gasteiger partial charge < -0.3 is 9.64 Å². The first-order valence-corrected chi connectivity index (χ1v) is 10.3. The molecule has 7 nitrogen and oxygen atoms in total. The predicted molar refractivity (Wildman–Crippen MR) is 96.0 cm³/mol. The van der Waals surface area contributed by atoms with Crippen LogP contribution in [0.4, 0.5) is 5.69 Å². The van der Waals surface area contributed by atoms with Crippen LogP contribution < -0.4 is 4.90 Å². The van der Waals surface area contributed by atoms with Gasteiger partial charge >= 0.3 is 5.97 Å². The Labute approximate surface area is 153 Å². The van der Waals surface area contributed by atoms with Gasteiger partial charge in [-0.25, -0.2) is 8.42 Å². The van der Waals surface area contributed by atoms with Crippen molar-refractivity contribution in [1.82, 2.24) is 0 Å². The maximum absolute atomic E-state index is 12.7. The molecule has 8 heteroatoms. The number of esters is 1. The van der Waals surface area contributed by atoms with Gasteiger partial charge in [-0.2, -0.15) is 5.26 Å². The van der Waals surface area contributed by atoms with Gasteiger partial charge in [0.1, 0.15) is 0 Å². The van der Waals surface area contributed by atoms with Crippen LogP contribution in [-0.4, -0.2) is 44.4 Å². The number of carbonyl (C=O) groups excluding carboxylic acids is 2. The number of hydrogen-bond acceptors (Lipinski definition) is 6. The molecule has 1 aliphatic rings. The van der Waals surface area contributed by atoms with Crippen molar-refractivity contribution in [3.8, 4) is 6.07 Å². The average Bonchev–Trinajstić information content (AvgIpc) is 2.94.